The number of likely N-dealkylation sites (tertiary alicyclic amines) is 1. The SMILES string of the molecule is Cc1cc(NC(=O)C(C)SCC(=O)N2CCCC(N)C2)no1. The molecular formula is C14H22N4O3S. The van der Waals surface area contributed by atoms with Crippen molar-refractivity contribution in [2.75, 3.05) is 24.2 Å². The minimum Gasteiger partial charge on any atom is -0.360 e. The average molecular weight is 326 g/mol. The summed E-state index contributed by atoms with van der Waals surface area (Å²) in [7, 11) is 0. The van der Waals surface area contributed by atoms with Gasteiger partial charge in [0.1, 0.15) is 5.76 Å². The van der Waals surface area contributed by atoms with Crippen LogP contribution < -0.4 is 11.1 Å². The molecule has 2 unspecified atom stereocenters. The molecular weight excluding hydrogens is 304 g/mol. The lowest BCUT2D eigenvalue weighted by atomic mass is 10.1. The van der Waals surface area contributed by atoms with E-state index in [9.17, 15) is 9.59 Å². The van der Waals surface area contributed by atoms with Gasteiger partial charge in [-0.25, -0.2) is 0 Å². The van der Waals surface area contributed by atoms with Crippen LogP contribution in [0.25, 0.3) is 0 Å². The average Bonchev–Trinajstić information content (AvgIpc) is 2.89. The number of nitrogens with two attached hydrogens (primary N) is 1. The number of piperidine rings is 1. The summed E-state index contributed by atoms with van der Waals surface area (Å²) in [5.74, 6) is 1.15. The minimum absolute atomic E-state index is 0.0390. The van der Waals surface area contributed by atoms with Crippen LogP contribution in [-0.4, -0.2) is 52.0 Å². The van der Waals surface area contributed by atoms with Gasteiger partial charge in [-0.15, -0.1) is 11.8 Å². The van der Waals surface area contributed by atoms with Crippen LogP contribution in [0.4, 0.5) is 5.82 Å². The maximum atomic E-state index is 12.1. The Morgan fingerprint density at radius 1 is 1.64 bits per heavy atom. The van der Waals surface area contributed by atoms with Gasteiger partial charge in [0, 0.05) is 25.2 Å². The van der Waals surface area contributed by atoms with Gasteiger partial charge < -0.3 is 20.5 Å². The van der Waals surface area contributed by atoms with Crippen LogP contribution in [-0.2, 0) is 9.59 Å². The summed E-state index contributed by atoms with van der Waals surface area (Å²) < 4.78 is 4.89. The molecule has 3 N–H and O–H groups in total. The molecule has 1 saturated heterocycles. The number of aryl methyl sites for hydroxylation is 1. The molecule has 2 amide bonds. The number of aromatic nitrogens is 1. The zero-order valence-electron chi connectivity index (χ0n) is 12.9. The van der Waals surface area contributed by atoms with Gasteiger partial charge in [-0.3, -0.25) is 9.59 Å². The zero-order valence-corrected chi connectivity index (χ0v) is 13.7. The maximum absolute atomic E-state index is 12.1. The summed E-state index contributed by atoms with van der Waals surface area (Å²) in [6, 6.07) is 1.72. The van der Waals surface area contributed by atoms with E-state index in [1.807, 2.05) is 0 Å². The Morgan fingerprint density at radius 3 is 3.05 bits per heavy atom. The number of amides is 2. The Kier molecular flexibility index (Phi) is 5.84. The van der Waals surface area contributed by atoms with E-state index in [-0.39, 0.29) is 28.9 Å². The lowest BCUT2D eigenvalue weighted by Gasteiger charge is -2.30. The molecule has 22 heavy (non-hydrogen) atoms. The largest absolute Gasteiger partial charge is 0.360 e. The number of nitrogens with one attached hydrogen (secondary N) is 1. The highest BCUT2D eigenvalue weighted by molar-refractivity contribution is 8.01. The quantitative estimate of drug-likeness (QED) is 0.837. The molecule has 8 heteroatoms. The molecule has 2 atom stereocenters. The molecule has 1 aromatic rings. The zero-order chi connectivity index (χ0) is 16.1. The van der Waals surface area contributed by atoms with Crippen molar-refractivity contribution < 1.29 is 14.1 Å². The third-order valence-electron chi connectivity index (χ3n) is 3.52. The second kappa shape index (κ2) is 7.64. The fourth-order valence-corrected chi connectivity index (χ4v) is 3.04. The summed E-state index contributed by atoms with van der Waals surface area (Å²) >= 11 is 1.31. The van der Waals surface area contributed by atoms with E-state index in [4.69, 9.17) is 10.3 Å². The van der Waals surface area contributed by atoms with E-state index >= 15 is 0 Å². The van der Waals surface area contributed by atoms with Crippen LogP contribution in [0.5, 0.6) is 0 Å². The summed E-state index contributed by atoms with van der Waals surface area (Å²) in [5, 5.41) is 6.03. The fourth-order valence-electron chi connectivity index (χ4n) is 2.25. The van der Waals surface area contributed by atoms with Crippen molar-refractivity contribution >= 4 is 29.4 Å². The minimum atomic E-state index is -0.348. The number of hydrogen-bond donors (Lipinski definition) is 2. The first-order chi connectivity index (χ1) is 10.5. The Balaban J connectivity index is 1.75. The topological polar surface area (TPSA) is 101 Å². The Morgan fingerprint density at radius 2 is 2.41 bits per heavy atom. The highest BCUT2D eigenvalue weighted by Gasteiger charge is 2.23. The van der Waals surface area contributed by atoms with Gasteiger partial charge in [-0.05, 0) is 26.7 Å². The molecule has 2 rings (SSSR count). The van der Waals surface area contributed by atoms with Crippen molar-refractivity contribution in [3.63, 3.8) is 0 Å². The molecule has 0 bridgehead atoms. The van der Waals surface area contributed by atoms with Gasteiger partial charge in [0.2, 0.25) is 11.8 Å². The van der Waals surface area contributed by atoms with E-state index in [2.05, 4.69) is 10.5 Å². The molecule has 0 spiro atoms. The van der Waals surface area contributed by atoms with Gasteiger partial charge in [0.05, 0.1) is 11.0 Å². The van der Waals surface area contributed by atoms with Crippen LogP contribution in [0, 0.1) is 6.92 Å². The van der Waals surface area contributed by atoms with E-state index in [1.165, 1.54) is 11.8 Å². The van der Waals surface area contributed by atoms with Gasteiger partial charge in [0.25, 0.3) is 0 Å². The van der Waals surface area contributed by atoms with Gasteiger partial charge in [-0.1, -0.05) is 5.16 Å². The molecule has 0 radical (unpaired) electrons. The third kappa shape index (κ3) is 4.74. The highest BCUT2D eigenvalue weighted by atomic mass is 32.2. The number of thioether (sulfide) groups is 1. The van der Waals surface area contributed by atoms with Gasteiger partial charge in [0.15, 0.2) is 5.82 Å². The first-order valence-electron chi connectivity index (χ1n) is 7.35. The van der Waals surface area contributed by atoms with Crippen molar-refractivity contribution in [3.8, 4) is 0 Å². The molecule has 0 aromatic carbocycles. The number of anilines is 1. The third-order valence-corrected chi connectivity index (χ3v) is 4.64. The summed E-state index contributed by atoms with van der Waals surface area (Å²) in [6.45, 7) is 4.88. The maximum Gasteiger partial charge on any atom is 0.238 e. The van der Waals surface area contributed by atoms with E-state index in [0.717, 1.165) is 19.4 Å². The molecule has 1 fully saturated rings. The highest BCUT2D eigenvalue weighted by Crippen LogP contribution is 2.16. The normalized spacial score (nSPS) is 19.8. The van der Waals surface area contributed by atoms with Crippen molar-refractivity contribution in [1.29, 1.82) is 0 Å². The molecule has 0 aliphatic carbocycles. The fraction of sp³-hybridized carbons (Fsp3) is 0.643. The molecule has 1 aliphatic rings. The van der Waals surface area contributed by atoms with Crippen molar-refractivity contribution in [2.45, 2.75) is 38.0 Å². The molecule has 1 aromatic heterocycles. The summed E-state index contributed by atoms with van der Waals surface area (Å²) in [4.78, 5) is 25.9. The summed E-state index contributed by atoms with van der Waals surface area (Å²) in [5.41, 5.74) is 5.87. The van der Waals surface area contributed by atoms with Crippen molar-refractivity contribution in [1.82, 2.24) is 10.1 Å². The second-order valence-electron chi connectivity index (χ2n) is 5.51. The first-order valence-corrected chi connectivity index (χ1v) is 8.39. The van der Waals surface area contributed by atoms with Crippen LogP contribution >= 0.6 is 11.8 Å². The van der Waals surface area contributed by atoms with Crippen molar-refractivity contribution in [2.24, 2.45) is 5.73 Å². The number of rotatable bonds is 5. The van der Waals surface area contributed by atoms with Crippen LogP contribution in [0.1, 0.15) is 25.5 Å². The van der Waals surface area contributed by atoms with Crippen LogP contribution in [0.3, 0.4) is 0 Å². The first kappa shape index (κ1) is 16.8. The van der Waals surface area contributed by atoms with E-state index in [0.29, 0.717) is 18.1 Å². The molecule has 0 saturated carbocycles. The number of carbonyl (C=O) groups excluding carboxylic acids is 2. The molecule has 7 nitrogen and oxygen atoms in total. The summed E-state index contributed by atoms with van der Waals surface area (Å²) in [6.07, 6.45) is 1.91. The lowest BCUT2D eigenvalue weighted by molar-refractivity contribution is -0.129. The lowest BCUT2D eigenvalue weighted by Crippen LogP contribution is -2.46. The van der Waals surface area contributed by atoms with Crippen LogP contribution in [0.15, 0.2) is 10.6 Å². The van der Waals surface area contributed by atoms with Crippen LogP contribution in [0.2, 0.25) is 0 Å². The number of hydrogen-bond acceptors (Lipinski definition) is 6. The Hall–Kier alpha value is -1.54. The Bertz CT molecular complexity index is 534. The Labute approximate surface area is 134 Å². The predicted octanol–water partition coefficient (Wildman–Crippen LogP) is 0.993. The second-order valence-corrected chi connectivity index (χ2v) is 6.84. The molecule has 2 heterocycles. The standard InChI is InChI=1S/C14H22N4O3S/c1-9-6-12(17-21-9)16-14(20)10(2)22-8-13(19)18-5-3-4-11(15)7-18/h6,10-11H,3-5,7-8,15H2,1-2H3,(H,16,17,20). The van der Waals surface area contributed by atoms with E-state index < -0.39 is 0 Å². The monoisotopic (exact) mass is 326 g/mol. The van der Waals surface area contributed by atoms with Gasteiger partial charge in [-0.2, -0.15) is 0 Å². The molecule has 122 valence electrons. The van der Waals surface area contributed by atoms with Gasteiger partial charge >= 0.3 is 0 Å². The predicted molar refractivity (Wildman–Crippen MR) is 85.6 cm³/mol. The smallest absolute Gasteiger partial charge is 0.238 e. The number of carbonyl (C=O) groups is 2. The van der Waals surface area contributed by atoms with E-state index in [1.54, 1.807) is 24.8 Å². The molecule has 1 aliphatic heterocycles. The van der Waals surface area contributed by atoms with Crippen molar-refractivity contribution in [3.05, 3.63) is 11.8 Å². The number of nitrogens with zero attached hydrogens (tertiary/aromatic N) is 2.